The average Bonchev–Trinajstić information content (AvgIpc) is 2.51. The fourth-order valence-corrected chi connectivity index (χ4v) is 1.86. The fraction of sp³-hybridized carbons (Fsp3) is 0.267. The van der Waals surface area contributed by atoms with Crippen molar-refractivity contribution in [1.29, 1.82) is 0 Å². The number of carbonyl (C=O) groups is 1. The van der Waals surface area contributed by atoms with Crippen molar-refractivity contribution >= 4 is 6.09 Å². The maximum absolute atomic E-state index is 12.3. The molecule has 0 atom stereocenters. The van der Waals surface area contributed by atoms with Crippen LogP contribution >= 0.6 is 0 Å². The third kappa shape index (κ3) is 4.30. The minimum Gasteiger partial charge on any atom is -0.403 e. The third-order valence-corrected chi connectivity index (χ3v) is 2.99. The molecule has 2 aromatic rings. The zero-order chi connectivity index (χ0) is 16.8. The molecule has 23 heavy (non-hydrogen) atoms. The lowest BCUT2D eigenvalue weighted by molar-refractivity contribution is 0.198. The maximum Gasteiger partial charge on any atom is 0.412 e. The molecule has 0 bridgehead atoms. The molecule has 8 heteroatoms. The first kappa shape index (κ1) is 16.5. The Bertz CT molecular complexity index is 780. The van der Waals surface area contributed by atoms with Crippen LogP contribution in [0.5, 0.6) is 5.75 Å². The highest BCUT2D eigenvalue weighted by atomic mass is 16.6. The zero-order valence-electron chi connectivity index (χ0n) is 12.9. The number of nitrogens with zero attached hydrogens (tertiary/aromatic N) is 2. The number of nitrogens with one attached hydrogen (secondary N) is 2. The van der Waals surface area contributed by atoms with Crippen LogP contribution in [0.25, 0.3) is 5.69 Å². The summed E-state index contributed by atoms with van der Waals surface area (Å²) in [5.41, 5.74) is -0.929. The predicted molar refractivity (Wildman–Crippen MR) is 85.2 cm³/mol. The van der Waals surface area contributed by atoms with E-state index in [4.69, 9.17) is 4.74 Å². The maximum atomic E-state index is 12.3. The van der Waals surface area contributed by atoms with Crippen LogP contribution in [0.1, 0.15) is 0 Å². The van der Waals surface area contributed by atoms with Crippen LogP contribution in [0.4, 0.5) is 4.79 Å². The Kier molecular flexibility index (Phi) is 5.32. The molecule has 2 rings (SSSR count). The largest absolute Gasteiger partial charge is 0.412 e. The summed E-state index contributed by atoms with van der Waals surface area (Å²) in [6, 6.07) is 8.38. The number of rotatable bonds is 5. The highest BCUT2D eigenvalue weighted by Crippen LogP contribution is 2.04. The molecule has 0 aliphatic carbocycles. The van der Waals surface area contributed by atoms with Crippen LogP contribution in [0.15, 0.2) is 46.1 Å². The number of ether oxygens (including phenoxy) is 1. The second-order valence-corrected chi connectivity index (χ2v) is 5.05. The van der Waals surface area contributed by atoms with Crippen LogP contribution in [-0.2, 0) is 0 Å². The van der Waals surface area contributed by atoms with Gasteiger partial charge in [-0.05, 0) is 26.2 Å². The third-order valence-electron chi connectivity index (χ3n) is 2.99. The van der Waals surface area contributed by atoms with Gasteiger partial charge in [0.2, 0.25) is 5.75 Å². The first-order valence-corrected chi connectivity index (χ1v) is 6.99. The number of para-hydroxylation sites is 1. The molecule has 0 unspecified atom stereocenters. The molecule has 0 saturated heterocycles. The van der Waals surface area contributed by atoms with Gasteiger partial charge in [-0.3, -0.25) is 4.79 Å². The van der Waals surface area contributed by atoms with Crippen molar-refractivity contribution in [2.75, 3.05) is 27.2 Å². The van der Waals surface area contributed by atoms with Crippen molar-refractivity contribution in [2.24, 2.45) is 0 Å². The molecule has 0 saturated carbocycles. The van der Waals surface area contributed by atoms with E-state index in [9.17, 15) is 14.4 Å². The summed E-state index contributed by atoms with van der Waals surface area (Å²) in [5, 5.41) is 2.52. The monoisotopic (exact) mass is 318 g/mol. The highest BCUT2D eigenvalue weighted by Gasteiger charge is 2.13. The topological polar surface area (TPSA) is 96.4 Å². The molecule has 0 aliphatic heterocycles. The number of benzene rings is 1. The smallest absolute Gasteiger partial charge is 0.403 e. The van der Waals surface area contributed by atoms with E-state index in [1.54, 1.807) is 30.3 Å². The number of amides is 1. The molecule has 1 aromatic carbocycles. The number of likely N-dealkylation sites (N-methyl/N-ethyl adjacent to an activating group) is 1. The average molecular weight is 318 g/mol. The van der Waals surface area contributed by atoms with Crippen LogP contribution < -0.4 is 21.3 Å². The van der Waals surface area contributed by atoms with Crippen molar-refractivity contribution in [1.82, 2.24) is 19.8 Å². The summed E-state index contributed by atoms with van der Waals surface area (Å²) >= 11 is 0. The van der Waals surface area contributed by atoms with Gasteiger partial charge in [0, 0.05) is 13.1 Å². The Hall–Kier alpha value is -2.87. The van der Waals surface area contributed by atoms with Gasteiger partial charge in [-0.25, -0.2) is 14.2 Å². The van der Waals surface area contributed by atoms with Gasteiger partial charge in [-0.15, -0.1) is 0 Å². The first-order chi connectivity index (χ1) is 11.0. The molecule has 2 N–H and O–H groups in total. The number of aromatic amines is 1. The molecule has 0 fully saturated rings. The van der Waals surface area contributed by atoms with Gasteiger partial charge >= 0.3 is 17.3 Å². The Morgan fingerprint density at radius 3 is 2.61 bits per heavy atom. The van der Waals surface area contributed by atoms with E-state index in [0.717, 1.165) is 10.8 Å². The van der Waals surface area contributed by atoms with Crippen molar-refractivity contribution in [2.45, 2.75) is 0 Å². The number of carbonyl (C=O) groups excluding carboxylic acids is 1. The van der Waals surface area contributed by atoms with E-state index in [-0.39, 0.29) is 5.75 Å². The van der Waals surface area contributed by atoms with Crippen LogP contribution in [0, 0.1) is 0 Å². The number of hydrogen-bond acceptors (Lipinski definition) is 5. The normalized spacial score (nSPS) is 10.6. The van der Waals surface area contributed by atoms with E-state index in [1.807, 2.05) is 19.0 Å². The van der Waals surface area contributed by atoms with E-state index in [1.165, 1.54) is 0 Å². The molecule has 1 amide bonds. The van der Waals surface area contributed by atoms with E-state index in [2.05, 4.69) is 10.3 Å². The lowest BCUT2D eigenvalue weighted by atomic mass is 10.3. The van der Waals surface area contributed by atoms with Gasteiger partial charge in [-0.1, -0.05) is 18.2 Å². The molecule has 122 valence electrons. The van der Waals surface area contributed by atoms with Crippen LogP contribution in [-0.4, -0.2) is 47.7 Å². The second kappa shape index (κ2) is 7.41. The summed E-state index contributed by atoms with van der Waals surface area (Å²) in [5.74, 6) is -0.254. The quantitative estimate of drug-likeness (QED) is 0.819. The molecular weight excluding hydrogens is 300 g/mol. The fourth-order valence-electron chi connectivity index (χ4n) is 1.86. The van der Waals surface area contributed by atoms with E-state index in [0.29, 0.717) is 18.8 Å². The van der Waals surface area contributed by atoms with Crippen molar-refractivity contribution in [3.63, 3.8) is 0 Å². The molecule has 0 spiro atoms. The second-order valence-electron chi connectivity index (χ2n) is 5.05. The summed E-state index contributed by atoms with van der Waals surface area (Å²) in [6.45, 7) is 1.01. The molecular formula is C15H18N4O4. The highest BCUT2D eigenvalue weighted by molar-refractivity contribution is 5.70. The van der Waals surface area contributed by atoms with E-state index >= 15 is 0 Å². The standard InChI is InChI=1S/C15H18N4O4/c1-18(2)9-8-16-15(22)23-12-10-17-14(21)19(13(12)20)11-6-4-3-5-7-11/h3-7,10H,8-9H2,1-2H3,(H,16,22)(H,17,21). The number of H-pyrrole nitrogens is 1. The first-order valence-electron chi connectivity index (χ1n) is 6.99. The lowest BCUT2D eigenvalue weighted by Gasteiger charge is -2.11. The summed E-state index contributed by atoms with van der Waals surface area (Å²) in [6.07, 6.45) is 0.325. The van der Waals surface area contributed by atoms with Gasteiger partial charge < -0.3 is 19.9 Å². The SMILES string of the molecule is CN(C)CCNC(=O)Oc1c[nH]c(=O)n(-c2ccccc2)c1=O. The Labute approximate surface area is 132 Å². The van der Waals surface area contributed by atoms with Crippen molar-refractivity contribution in [3.05, 3.63) is 57.4 Å². The van der Waals surface area contributed by atoms with Gasteiger partial charge in [-0.2, -0.15) is 0 Å². The Balaban J connectivity index is 2.20. The van der Waals surface area contributed by atoms with Crippen molar-refractivity contribution < 1.29 is 9.53 Å². The summed E-state index contributed by atoms with van der Waals surface area (Å²) in [7, 11) is 3.74. The Morgan fingerprint density at radius 2 is 1.96 bits per heavy atom. The minimum absolute atomic E-state index is 0.254. The van der Waals surface area contributed by atoms with Gasteiger partial charge in [0.25, 0.3) is 0 Å². The number of aromatic nitrogens is 2. The Morgan fingerprint density at radius 1 is 1.26 bits per heavy atom. The van der Waals surface area contributed by atoms with Crippen molar-refractivity contribution in [3.8, 4) is 11.4 Å². The number of hydrogen-bond donors (Lipinski definition) is 2. The molecule has 8 nitrogen and oxygen atoms in total. The molecule has 1 heterocycles. The van der Waals surface area contributed by atoms with Crippen LogP contribution in [0.2, 0.25) is 0 Å². The zero-order valence-corrected chi connectivity index (χ0v) is 12.9. The molecule has 0 aliphatic rings. The lowest BCUT2D eigenvalue weighted by Crippen LogP contribution is -2.37. The molecule has 1 aromatic heterocycles. The van der Waals surface area contributed by atoms with Gasteiger partial charge in [0.05, 0.1) is 11.9 Å². The summed E-state index contributed by atoms with van der Waals surface area (Å²) < 4.78 is 5.88. The van der Waals surface area contributed by atoms with E-state index < -0.39 is 17.3 Å². The predicted octanol–water partition coefficient (Wildman–Crippen LogP) is 0.176. The minimum atomic E-state index is -0.754. The van der Waals surface area contributed by atoms with Gasteiger partial charge in [0.15, 0.2) is 0 Å². The van der Waals surface area contributed by atoms with Gasteiger partial charge in [0.1, 0.15) is 0 Å². The van der Waals surface area contributed by atoms with Crippen LogP contribution in [0.3, 0.4) is 0 Å². The summed E-state index contributed by atoms with van der Waals surface area (Å²) in [4.78, 5) is 40.2. The molecule has 0 radical (unpaired) electrons.